The highest BCUT2D eigenvalue weighted by Gasteiger charge is 2.48. The highest BCUT2D eigenvalue weighted by Crippen LogP contribution is 2.46. The molecule has 4 atom stereocenters. The summed E-state index contributed by atoms with van der Waals surface area (Å²) in [5.74, 6) is 1.46. The highest BCUT2D eigenvalue weighted by molar-refractivity contribution is 5.89. The third kappa shape index (κ3) is 1.31. The van der Waals surface area contributed by atoms with Gasteiger partial charge in [-0.15, -0.1) is 0 Å². The Morgan fingerprint density at radius 3 is 3.05 bits per heavy atom. The number of hydrogen-bond donors (Lipinski definition) is 1. The fraction of sp³-hybridized carbons (Fsp3) is 0.471. The second-order valence-corrected chi connectivity index (χ2v) is 6.63. The van der Waals surface area contributed by atoms with E-state index in [1.54, 1.807) is 0 Å². The molecule has 1 saturated carbocycles. The number of rotatable bonds is 0. The fourth-order valence-corrected chi connectivity index (χ4v) is 4.81. The lowest BCUT2D eigenvalue weighted by Gasteiger charge is -2.47. The summed E-state index contributed by atoms with van der Waals surface area (Å²) in [5, 5.41) is 1.36. The molecule has 2 aromatic rings. The SMILES string of the molecule is O=C1C[C@@H]2C[C@H]3c4[nH]c5ccccc5c4CCN(C2)[C@@H]13. The van der Waals surface area contributed by atoms with Crippen LogP contribution in [0.5, 0.6) is 0 Å². The van der Waals surface area contributed by atoms with Gasteiger partial charge in [0.15, 0.2) is 5.78 Å². The van der Waals surface area contributed by atoms with E-state index in [9.17, 15) is 4.79 Å². The Bertz CT molecular complexity index is 717. The van der Waals surface area contributed by atoms with Gasteiger partial charge in [0.25, 0.3) is 0 Å². The summed E-state index contributed by atoms with van der Waals surface area (Å²) in [6, 6.07) is 8.72. The molecule has 4 bridgehead atoms. The molecule has 0 radical (unpaired) electrons. The van der Waals surface area contributed by atoms with Crippen molar-refractivity contribution in [2.24, 2.45) is 5.92 Å². The van der Waals surface area contributed by atoms with Crippen LogP contribution < -0.4 is 0 Å². The maximum atomic E-state index is 12.4. The van der Waals surface area contributed by atoms with Gasteiger partial charge in [-0.2, -0.15) is 0 Å². The van der Waals surface area contributed by atoms with Crippen molar-refractivity contribution in [3.63, 3.8) is 0 Å². The average molecular weight is 266 g/mol. The molecule has 2 saturated heterocycles. The predicted octanol–water partition coefficient (Wildman–Crippen LogP) is 2.47. The summed E-state index contributed by atoms with van der Waals surface area (Å²) >= 11 is 0. The van der Waals surface area contributed by atoms with Gasteiger partial charge in [0.2, 0.25) is 0 Å². The van der Waals surface area contributed by atoms with E-state index in [1.807, 2.05) is 0 Å². The van der Waals surface area contributed by atoms with Crippen molar-refractivity contribution in [3.05, 3.63) is 35.5 Å². The number of piperidine rings is 2. The number of aromatic nitrogens is 1. The minimum absolute atomic E-state index is 0.148. The molecule has 3 nitrogen and oxygen atoms in total. The van der Waals surface area contributed by atoms with Crippen LogP contribution >= 0.6 is 0 Å². The van der Waals surface area contributed by atoms with E-state index >= 15 is 0 Å². The van der Waals surface area contributed by atoms with Crippen molar-refractivity contribution in [3.8, 4) is 0 Å². The number of nitrogens with one attached hydrogen (secondary N) is 1. The molecular weight excluding hydrogens is 248 g/mol. The van der Waals surface area contributed by atoms with Crippen molar-refractivity contribution in [1.29, 1.82) is 0 Å². The summed E-state index contributed by atoms with van der Waals surface area (Å²) in [4.78, 5) is 18.5. The number of H-pyrrole nitrogens is 1. The summed E-state index contributed by atoms with van der Waals surface area (Å²) in [5.41, 5.74) is 4.06. The van der Waals surface area contributed by atoms with Crippen molar-refractivity contribution >= 4 is 16.7 Å². The Kier molecular flexibility index (Phi) is 2.07. The Hall–Kier alpha value is -1.61. The van der Waals surface area contributed by atoms with Gasteiger partial charge in [-0.05, 0) is 30.4 Å². The molecule has 4 aliphatic rings. The van der Waals surface area contributed by atoms with Gasteiger partial charge in [0, 0.05) is 42.0 Å². The van der Waals surface area contributed by atoms with Crippen LogP contribution in [0.3, 0.4) is 0 Å². The van der Waals surface area contributed by atoms with Gasteiger partial charge in [0.05, 0.1) is 6.04 Å². The zero-order chi connectivity index (χ0) is 13.3. The Balaban J connectivity index is 1.74. The molecule has 1 unspecified atom stereocenters. The zero-order valence-electron chi connectivity index (χ0n) is 11.4. The Labute approximate surface area is 118 Å². The molecule has 1 aromatic carbocycles. The summed E-state index contributed by atoms with van der Waals surface area (Å²) in [7, 11) is 0. The minimum atomic E-state index is 0.148. The van der Waals surface area contributed by atoms with E-state index in [0.717, 1.165) is 25.9 Å². The molecule has 3 aliphatic heterocycles. The monoisotopic (exact) mass is 266 g/mol. The average Bonchev–Trinajstić information content (AvgIpc) is 2.78. The predicted molar refractivity (Wildman–Crippen MR) is 77.8 cm³/mol. The number of para-hydroxylation sites is 1. The Morgan fingerprint density at radius 2 is 2.15 bits per heavy atom. The summed E-state index contributed by atoms with van der Waals surface area (Å²) in [6.45, 7) is 2.17. The standard InChI is InChI=1S/C17H18N2O/c20-15-8-10-7-13-16-12(5-6-19(9-10)17(13)15)11-3-1-2-4-14(11)18-16/h1-4,10,13,17-18H,5-9H2/t10-,13-,17+/m0/s1. The number of Topliss-reactive ketones (excluding diaryl/α,β-unsaturated/α-hetero) is 1. The lowest BCUT2D eigenvalue weighted by atomic mass is 9.71. The van der Waals surface area contributed by atoms with Crippen molar-refractivity contribution in [2.45, 2.75) is 31.2 Å². The van der Waals surface area contributed by atoms with Gasteiger partial charge >= 0.3 is 0 Å². The van der Waals surface area contributed by atoms with E-state index in [1.165, 1.54) is 28.6 Å². The molecule has 4 heterocycles. The largest absolute Gasteiger partial charge is 0.358 e. The van der Waals surface area contributed by atoms with Crippen LogP contribution in [0.25, 0.3) is 10.9 Å². The van der Waals surface area contributed by atoms with E-state index in [-0.39, 0.29) is 6.04 Å². The number of ketones is 1. The van der Waals surface area contributed by atoms with Crippen LogP contribution in [0.2, 0.25) is 0 Å². The van der Waals surface area contributed by atoms with Gasteiger partial charge < -0.3 is 4.98 Å². The second kappa shape index (κ2) is 3.73. The van der Waals surface area contributed by atoms with E-state index < -0.39 is 0 Å². The molecule has 1 N–H and O–H groups in total. The smallest absolute Gasteiger partial charge is 0.150 e. The summed E-state index contributed by atoms with van der Waals surface area (Å²) in [6.07, 6.45) is 3.08. The molecule has 3 fully saturated rings. The van der Waals surface area contributed by atoms with Crippen LogP contribution in [0.1, 0.15) is 30.0 Å². The van der Waals surface area contributed by atoms with Crippen molar-refractivity contribution in [1.82, 2.24) is 9.88 Å². The van der Waals surface area contributed by atoms with Gasteiger partial charge in [-0.25, -0.2) is 0 Å². The first-order valence-corrected chi connectivity index (χ1v) is 7.67. The van der Waals surface area contributed by atoms with Gasteiger partial charge in [-0.3, -0.25) is 9.69 Å². The van der Waals surface area contributed by atoms with Gasteiger partial charge in [-0.1, -0.05) is 18.2 Å². The van der Waals surface area contributed by atoms with Gasteiger partial charge in [0.1, 0.15) is 0 Å². The minimum Gasteiger partial charge on any atom is -0.358 e. The maximum absolute atomic E-state index is 12.4. The molecule has 0 spiro atoms. The number of carbonyl (C=O) groups is 1. The van der Waals surface area contributed by atoms with Crippen LogP contribution in [0.4, 0.5) is 0 Å². The lowest BCUT2D eigenvalue weighted by molar-refractivity contribution is -0.134. The van der Waals surface area contributed by atoms with E-state index in [0.29, 0.717) is 17.6 Å². The molecule has 1 aromatic heterocycles. The first-order chi connectivity index (χ1) is 9.81. The molecule has 102 valence electrons. The first kappa shape index (κ1) is 11.1. The van der Waals surface area contributed by atoms with E-state index in [2.05, 4.69) is 34.1 Å². The lowest BCUT2D eigenvalue weighted by Crippen LogP contribution is -2.56. The molecule has 1 aliphatic carbocycles. The third-order valence-electron chi connectivity index (χ3n) is 5.54. The van der Waals surface area contributed by atoms with E-state index in [4.69, 9.17) is 0 Å². The molecule has 6 rings (SSSR count). The fourth-order valence-electron chi connectivity index (χ4n) is 4.81. The van der Waals surface area contributed by atoms with Crippen LogP contribution in [-0.4, -0.2) is 34.8 Å². The molecule has 20 heavy (non-hydrogen) atoms. The molecular formula is C17H18N2O. The Morgan fingerprint density at radius 1 is 1.25 bits per heavy atom. The second-order valence-electron chi connectivity index (χ2n) is 6.63. The van der Waals surface area contributed by atoms with Crippen LogP contribution in [0, 0.1) is 5.92 Å². The number of fused-ring (bicyclic) bond motifs is 4. The topological polar surface area (TPSA) is 36.1 Å². The van der Waals surface area contributed by atoms with Crippen LogP contribution in [0.15, 0.2) is 24.3 Å². The van der Waals surface area contributed by atoms with Crippen LogP contribution in [-0.2, 0) is 11.2 Å². The zero-order valence-corrected chi connectivity index (χ0v) is 11.4. The summed E-state index contributed by atoms with van der Waals surface area (Å²) < 4.78 is 0. The highest BCUT2D eigenvalue weighted by atomic mass is 16.1. The molecule has 0 amide bonds. The third-order valence-corrected chi connectivity index (χ3v) is 5.54. The normalized spacial score (nSPS) is 35.1. The molecule has 3 heteroatoms. The van der Waals surface area contributed by atoms with Crippen molar-refractivity contribution in [2.75, 3.05) is 13.1 Å². The number of carbonyl (C=O) groups excluding carboxylic acids is 1. The first-order valence-electron chi connectivity index (χ1n) is 7.67. The quantitative estimate of drug-likeness (QED) is 0.795. The van der Waals surface area contributed by atoms with Crippen molar-refractivity contribution < 1.29 is 4.79 Å². The number of benzene rings is 1. The maximum Gasteiger partial charge on any atom is 0.150 e. The number of hydrogen-bond acceptors (Lipinski definition) is 2. The number of aromatic amines is 1. The number of nitrogens with zero attached hydrogens (tertiary/aromatic N) is 1.